The van der Waals surface area contributed by atoms with Crippen LogP contribution in [-0.4, -0.2) is 46.6 Å². The van der Waals surface area contributed by atoms with Crippen molar-refractivity contribution < 1.29 is 27.4 Å². The molecule has 0 bridgehead atoms. The molecule has 0 saturated carbocycles. The number of halogens is 1. The Hall–Kier alpha value is -2.29. The van der Waals surface area contributed by atoms with Crippen LogP contribution in [0.1, 0.15) is 22.8 Å². The van der Waals surface area contributed by atoms with Crippen molar-refractivity contribution in [3.63, 3.8) is 0 Å². The lowest BCUT2D eigenvalue weighted by Gasteiger charge is -2.22. The van der Waals surface area contributed by atoms with Gasteiger partial charge in [0, 0.05) is 13.1 Å². The van der Waals surface area contributed by atoms with E-state index < -0.39 is 16.0 Å². The highest BCUT2D eigenvalue weighted by Gasteiger charge is 2.27. The van der Waals surface area contributed by atoms with E-state index in [1.807, 2.05) is 0 Å². The molecule has 0 atom stereocenters. The molecule has 2 aromatic carbocycles. The van der Waals surface area contributed by atoms with Crippen molar-refractivity contribution in [2.45, 2.75) is 18.4 Å². The Morgan fingerprint density at radius 2 is 1.71 bits per heavy atom. The third kappa shape index (κ3) is 4.57. The van der Waals surface area contributed by atoms with E-state index >= 15 is 0 Å². The first kappa shape index (κ1) is 22.0. The smallest absolute Gasteiger partial charge is 0.337 e. The molecule has 7 nitrogen and oxygen atoms in total. The largest absolute Gasteiger partial charge is 0.493 e. The summed E-state index contributed by atoms with van der Waals surface area (Å²) in [5.74, 6) is 0.469. The topological polar surface area (TPSA) is 82.1 Å². The quantitative estimate of drug-likeness (QED) is 0.601. The van der Waals surface area contributed by atoms with Crippen molar-refractivity contribution in [1.82, 2.24) is 4.31 Å². The predicted octanol–water partition coefficient (Wildman–Crippen LogP) is 3.35. The van der Waals surface area contributed by atoms with Crippen LogP contribution in [0.3, 0.4) is 0 Å². The fourth-order valence-corrected chi connectivity index (χ4v) is 4.60. The highest BCUT2D eigenvalue weighted by atomic mass is 35.5. The molecule has 0 radical (unpaired) electrons. The summed E-state index contributed by atoms with van der Waals surface area (Å²) >= 11 is 6.16. The minimum atomic E-state index is -3.89. The highest BCUT2D eigenvalue weighted by molar-refractivity contribution is 7.89. The van der Waals surface area contributed by atoms with E-state index in [-0.39, 0.29) is 28.6 Å². The Morgan fingerprint density at radius 1 is 1.04 bits per heavy atom. The summed E-state index contributed by atoms with van der Waals surface area (Å²) in [6, 6.07) is 9.16. The average molecular weight is 428 g/mol. The van der Waals surface area contributed by atoms with Gasteiger partial charge in [-0.1, -0.05) is 24.6 Å². The molecule has 0 amide bonds. The Labute approximate surface area is 169 Å². The third-order valence-corrected chi connectivity index (χ3v) is 6.53. The van der Waals surface area contributed by atoms with Gasteiger partial charge in [0.2, 0.25) is 10.0 Å². The fourth-order valence-electron chi connectivity index (χ4n) is 2.64. The van der Waals surface area contributed by atoms with Crippen LogP contribution in [0.4, 0.5) is 0 Å². The average Bonchev–Trinajstić information content (AvgIpc) is 2.70. The first-order valence-electron chi connectivity index (χ1n) is 8.37. The van der Waals surface area contributed by atoms with Gasteiger partial charge in [-0.15, -0.1) is 0 Å². The number of methoxy groups -OCH3 is 3. The summed E-state index contributed by atoms with van der Waals surface area (Å²) in [5, 5.41) is -0.0475. The highest BCUT2D eigenvalue weighted by Crippen LogP contribution is 2.30. The normalized spacial score (nSPS) is 11.4. The van der Waals surface area contributed by atoms with Crippen LogP contribution in [0.5, 0.6) is 11.5 Å². The van der Waals surface area contributed by atoms with Gasteiger partial charge in [-0.2, -0.15) is 4.31 Å². The number of ether oxygens (including phenoxy) is 3. The van der Waals surface area contributed by atoms with E-state index in [4.69, 9.17) is 21.1 Å². The molecule has 0 aliphatic carbocycles. The van der Waals surface area contributed by atoms with Crippen molar-refractivity contribution >= 4 is 27.6 Å². The van der Waals surface area contributed by atoms with Gasteiger partial charge in [-0.25, -0.2) is 13.2 Å². The minimum Gasteiger partial charge on any atom is -0.493 e. The van der Waals surface area contributed by atoms with Gasteiger partial charge in [0.1, 0.15) is 4.90 Å². The number of hydrogen-bond donors (Lipinski definition) is 0. The van der Waals surface area contributed by atoms with Crippen LogP contribution in [0.2, 0.25) is 5.02 Å². The number of benzene rings is 2. The molecule has 0 spiro atoms. The zero-order valence-electron chi connectivity index (χ0n) is 16.1. The van der Waals surface area contributed by atoms with Gasteiger partial charge in [0.25, 0.3) is 0 Å². The maximum Gasteiger partial charge on any atom is 0.337 e. The summed E-state index contributed by atoms with van der Waals surface area (Å²) in [7, 11) is 0.392. The number of rotatable bonds is 8. The fraction of sp³-hybridized carbons (Fsp3) is 0.316. The Bertz CT molecular complexity index is 961. The molecule has 152 valence electrons. The summed E-state index contributed by atoms with van der Waals surface area (Å²) in [6.45, 7) is 2.08. The summed E-state index contributed by atoms with van der Waals surface area (Å²) in [4.78, 5) is 11.5. The molecule has 0 saturated heterocycles. The Balaban J connectivity index is 2.36. The second-order valence-electron chi connectivity index (χ2n) is 5.76. The molecule has 0 aromatic heterocycles. The molecule has 2 aromatic rings. The summed E-state index contributed by atoms with van der Waals surface area (Å²) in [6.07, 6.45) is 0. The summed E-state index contributed by atoms with van der Waals surface area (Å²) in [5.41, 5.74) is 0.903. The number of hydrogen-bond acceptors (Lipinski definition) is 6. The van der Waals surface area contributed by atoms with Crippen LogP contribution < -0.4 is 9.47 Å². The van der Waals surface area contributed by atoms with E-state index in [1.54, 1.807) is 25.1 Å². The van der Waals surface area contributed by atoms with Gasteiger partial charge >= 0.3 is 5.97 Å². The van der Waals surface area contributed by atoms with Gasteiger partial charge < -0.3 is 14.2 Å². The maximum absolute atomic E-state index is 13.1. The van der Waals surface area contributed by atoms with E-state index in [0.29, 0.717) is 11.5 Å². The molecule has 9 heteroatoms. The molecular formula is C19H22ClNO6S. The third-order valence-electron chi connectivity index (χ3n) is 4.13. The minimum absolute atomic E-state index is 0.0475. The molecule has 2 rings (SSSR count). The van der Waals surface area contributed by atoms with Crippen molar-refractivity contribution in [3.05, 3.63) is 52.5 Å². The van der Waals surface area contributed by atoms with Crippen molar-refractivity contribution in [2.24, 2.45) is 0 Å². The summed E-state index contributed by atoms with van der Waals surface area (Å²) < 4.78 is 42.6. The number of esters is 1. The predicted molar refractivity (Wildman–Crippen MR) is 106 cm³/mol. The second-order valence-corrected chi connectivity index (χ2v) is 8.07. The number of carbonyl (C=O) groups is 1. The molecule has 0 fully saturated rings. The van der Waals surface area contributed by atoms with Gasteiger partial charge in [-0.3, -0.25) is 0 Å². The zero-order chi connectivity index (χ0) is 20.9. The first-order chi connectivity index (χ1) is 13.3. The number of sulfonamides is 1. The Morgan fingerprint density at radius 3 is 2.25 bits per heavy atom. The van der Waals surface area contributed by atoms with Crippen LogP contribution >= 0.6 is 11.6 Å². The molecule has 0 aliphatic heterocycles. The Kier molecular flexibility index (Phi) is 7.29. The van der Waals surface area contributed by atoms with Crippen LogP contribution in [0.15, 0.2) is 41.3 Å². The SMILES string of the molecule is CCN(Cc1ccc(OC)c(OC)c1)S(=O)(=O)c1ccc(C(=O)OC)cc1Cl. The van der Waals surface area contributed by atoms with Gasteiger partial charge in [0.05, 0.1) is 31.9 Å². The molecule has 0 unspecified atom stereocenters. The van der Waals surface area contributed by atoms with Crippen LogP contribution in [-0.2, 0) is 21.3 Å². The second kappa shape index (κ2) is 9.27. The van der Waals surface area contributed by atoms with Crippen molar-refractivity contribution in [2.75, 3.05) is 27.9 Å². The first-order valence-corrected chi connectivity index (χ1v) is 10.2. The lowest BCUT2D eigenvalue weighted by Crippen LogP contribution is -2.30. The van der Waals surface area contributed by atoms with E-state index in [1.165, 1.54) is 43.8 Å². The monoisotopic (exact) mass is 427 g/mol. The lowest BCUT2D eigenvalue weighted by atomic mass is 10.2. The lowest BCUT2D eigenvalue weighted by molar-refractivity contribution is 0.0600. The van der Waals surface area contributed by atoms with E-state index in [0.717, 1.165) is 5.56 Å². The zero-order valence-corrected chi connectivity index (χ0v) is 17.6. The van der Waals surface area contributed by atoms with E-state index in [9.17, 15) is 13.2 Å². The standard InChI is InChI=1S/C19H22ClNO6S/c1-5-21(12-13-6-8-16(25-2)17(10-13)26-3)28(23,24)18-9-7-14(11-15(18)20)19(22)27-4/h6-11H,5,12H2,1-4H3. The van der Waals surface area contributed by atoms with Crippen molar-refractivity contribution in [3.8, 4) is 11.5 Å². The van der Waals surface area contributed by atoms with Gasteiger partial charge in [0.15, 0.2) is 11.5 Å². The van der Waals surface area contributed by atoms with Gasteiger partial charge in [-0.05, 0) is 35.9 Å². The number of carbonyl (C=O) groups excluding carboxylic acids is 1. The van der Waals surface area contributed by atoms with Crippen molar-refractivity contribution in [1.29, 1.82) is 0 Å². The molecule has 0 heterocycles. The van der Waals surface area contributed by atoms with Crippen LogP contribution in [0, 0.1) is 0 Å². The van der Waals surface area contributed by atoms with E-state index in [2.05, 4.69) is 4.74 Å². The van der Waals surface area contributed by atoms with Crippen LogP contribution in [0.25, 0.3) is 0 Å². The molecular weight excluding hydrogens is 406 g/mol. The molecule has 28 heavy (non-hydrogen) atoms. The number of nitrogens with zero attached hydrogens (tertiary/aromatic N) is 1. The maximum atomic E-state index is 13.1. The molecule has 0 aliphatic rings. The molecule has 0 N–H and O–H groups in total.